The Bertz CT molecular complexity index is 460. The molecule has 0 bridgehead atoms. The van der Waals surface area contributed by atoms with Crippen LogP contribution in [0, 0.1) is 0 Å². The van der Waals surface area contributed by atoms with Gasteiger partial charge in [-0.3, -0.25) is 0 Å². The molecule has 0 aromatic heterocycles. The van der Waals surface area contributed by atoms with Gasteiger partial charge in [-0.05, 0) is 32.9 Å². The van der Waals surface area contributed by atoms with Crippen LogP contribution in [0.25, 0.3) is 0 Å². The summed E-state index contributed by atoms with van der Waals surface area (Å²) in [7, 11) is 0. The Labute approximate surface area is 138 Å². The highest BCUT2D eigenvalue weighted by Crippen LogP contribution is 2.11. The monoisotopic (exact) mass is 322 g/mol. The molecule has 0 radical (unpaired) electrons. The molecular formula is C18H26O5. The number of ether oxygens (including phenoxy) is 4. The highest BCUT2D eigenvalue weighted by Gasteiger charge is 2.11. The van der Waals surface area contributed by atoms with Gasteiger partial charge in [-0.2, -0.15) is 0 Å². The Morgan fingerprint density at radius 1 is 1.00 bits per heavy atom. The topological polar surface area (TPSA) is 54.0 Å². The summed E-state index contributed by atoms with van der Waals surface area (Å²) in [6, 6.07) is 9.63. The normalized spacial score (nSPS) is 14.6. The molecule has 1 aromatic rings. The molecule has 1 aromatic carbocycles. The quantitative estimate of drug-likeness (QED) is 0.463. The number of carbonyl (C=O) groups is 1. The first-order valence-corrected chi connectivity index (χ1v) is 7.75. The van der Waals surface area contributed by atoms with Gasteiger partial charge in [-0.25, -0.2) is 4.79 Å². The van der Waals surface area contributed by atoms with E-state index < -0.39 is 5.97 Å². The van der Waals surface area contributed by atoms with Gasteiger partial charge in [-0.15, -0.1) is 0 Å². The van der Waals surface area contributed by atoms with Gasteiger partial charge in [0.25, 0.3) is 0 Å². The van der Waals surface area contributed by atoms with Gasteiger partial charge in [0, 0.05) is 6.08 Å². The predicted octanol–water partition coefficient (Wildman–Crippen LogP) is 2.99. The van der Waals surface area contributed by atoms with Gasteiger partial charge in [0.05, 0.1) is 25.4 Å². The number of esters is 1. The van der Waals surface area contributed by atoms with E-state index in [1.54, 1.807) is 0 Å². The van der Waals surface area contributed by atoms with Crippen LogP contribution in [0.1, 0.15) is 20.8 Å². The van der Waals surface area contributed by atoms with Crippen molar-refractivity contribution in [2.24, 2.45) is 0 Å². The standard InChI is InChI=1S/C18H26O5/c1-5-18(19)22-12-15(3)20-11-14(2)21-13-16(4)23-17-9-7-6-8-10-17/h5-10,14-16H,1,11-13H2,2-4H3. The molecule has 0 spiro atoms. The number of hydrogen-bond acceptors (Lipinski definition) is 5. The van der Waals surface area contributed by atoms with E-state index in [1.165, 1.54) is 0 Å². The van der Waals surface area contributed by atoms with E-state index in [1.807, 2.05) is 51.1 Å². The number of para-hydroxylation sites is 1. The molecule has 1 rings (SSSR count). The molecule has 0 saturated carbocycles. The van der Waals surface area contributed by atoms with Crippen LogP contribution in [0.2, 0.25) is 0 Å². The fraction of sp³-hybridized carbons (Fsp3) is 0.500. The molecule has 0 saturated heterocycles. The molecule has 23 heavy (non-hydrogen) atoms. The third-order valence-electron chi connectivity index (χ3n) is 2.94. The highest BCUT2D eigenvalue weighted by atomic mass is 16.6. The highest BCUT2D eigenvalue weighted by molar-refractivity contribution is 5.81. The van der Waals surface area contributed by atoms with Crippen molar-refractivity contribution in [1.29, 1.82) is 0 Å². The summed E-state index contributed by atoms with van der Waals surface area (Å²) >= 11 is 0. The van der Waals surface area contributed by atoms with E-state index in [4.69, 9.17) is 18.9 Å². The lowest BCUT2D eigenvalue weighted by Crippen LogP contribution is -2.28. The fourth-order valence-corrected chi connectivity index (χ4v) is 1.72. The SMILES string of the molecule is C=CC(=O)OCC(C)OCC(C)OCC(C)Oc1ccccc1. The second-order valence-corrected chi connectivity index (χ2v) is 5.36. The van der Waals surface area contributed by atoms with Gasteiger partial charge in [0.1, 0.15) is 18.5 Å². The zero-order chi connectivity index (χ0) is 17.1. The fourth-order valence-electron chi connectivity index (χ4n) is 1.72. The van der Waals surface area contributed by atoms with Gasteiger partial charge in [0.15, 0.2) is 0 Å². The minimum absolute atomic E-state index is 0.0502. The molecule has 0 N–H and O–H groups in total. The van der Waals surface area contributed by atoms with Gasteiger partial charge >= 0.3 is 5.97 Å². The summed E-state index contributed by atoms with van der Waals surface area (Å²) in [4.78, 5) is 10.9. The average Bonchev–Trinajstić information content (AvgIpc) is 2.56. The molecule has 0 aliphatic carbocycles. The second-order valence-electron chi connectivity index (χ2n) is 5.36. The minimum Gasteiger partial charge on any atom is -0.488 e. The first kappa shape index (κ1) is 19.2. The van der Waals surface area contributed by atoms with Crippen molar-refractivity contribution < 1.29 is 23.7 Å². The Balaban J connectivity index is 2.14. The van der Waals surface area contributed by atoms with Crippen LogP contribution >= 0.6 is 0 Å². The van der Waals surface area contributed by atoms with E-state index in [0.29, 0.717) is 13.2 Å². The Hall–Kier alpha value is -1.85. The average molecular weight is 322 g/mol. The van der Waals surface area contributed by atoms with Gasteiger partial charge in [-0.1, -0.05) is 24.8 Å². The lowest BCUT2D eigenvalue weighted by Gasteiger charge is -2.20. The van der Waals surface area contributed by atoms with Crippen LogP contribution < -0.4 is 4.74 Å². The maximum absolute atomic E-state index is 10.9. The van der Waals surface area contributed by atoms with Gasteiger partial charge in [0.2, 0.25) is 0 Å². The lowest BCUT2D eigenvalue weighted by molar-refractivity contribution is -0.142. The van der Waals surface area contributed by atoms with Crippen molar-refractivity contribution >= 4 is 5.97 Å². The smallest absolute Gasteiger partial charge is 0.330 e. The number of benzene rings is 1. The Kier molecular flexibility index (Phi) is 9.02. The van der Waals surface area contributed by atoms with Crippen LogP contribution in [-0.2, 0) is 19.0 Å². The van der Waals surface area contributed by atoms with E-state index >= 15 is 0 Å². The molecule has 0 aliphatic rings. The minimum atomic E-state index is -0.448. The van der Waals surface area contributed by atoms with Crippen LogP contribution in [-0.4, -0.2) is 44.1 Å². The zero-order valence-corrected chi connectivity index (χ0v) is 14.1. The maximum Gasteiger partial charge on any atom is 0.330 e. The first-order valence-electron chi connectivity index (χ1n) is 7.75. The van der Waals surface area contributed by atoms with Crippen molar-refractivity contribution in [3.05, 3.63) is 43.0 Å². The van der Waals surface area contributed by atoms with E-state index in [-0.39, 0.29) is 24.9 Å². The molecule has 0 amide bonds. The van der Waals surface area contributed by atoms with Crippen molar-refractivity contribution in [2.45, 2.75) is 39.1 Å². The lowest BCUT2D eigenvalue weighted by atomic mass is 10.3. The molecular weight excluding hydrogens is 296 g/mol. The number of carbonyl (C=O) groups excluding carboxylic acids is 1. The third-order valence-corrected chi connectivity index (χ3v) is 2.94. The third kappa shape index (κ3) is 9.01. The van der Waals surface area contributed by atoms with Crippen LogP contribution in [0.15, 0.2) is 43.0 Å². The van der Waals surface area contributed by atoms with Crippen LogP contribution in [0.5, 0.6) is 5.75 Å². The maximum atomic E-state index is 10.9. The first-order chi connectivity index (χ1) is 11.0. The molecule has 5 nitrogen and oxygen atoms in total. The Morgan fingerprint density at radius 2 is 1.57 bits per heavy atom. The predicted molar refractivity (Wildman–Crippen MR) is 88.5 cm³/mol. The van der Waals surface area contributed by atoms with Crippen molar-refractivity contribution in [2.75, 3.05) is 19.8 Å². The largest absolute Gasteiger partial charge is 0.488 e. The van der Waals surface area contributed by atoms with Crippen molar-refractivity contribution in [3.63, 3.8) is 0 Å². The molecule has 0 heterocycles. The number of hydrogen-bond donors (Lipinski definition) is 0. The number of rotatable bonds is 11. The van der Waals surface area contributed by atoms with E-state index in [9.17, 15) is 4.79 Å². The molecule has 0 aliphatic heterocycles. The van der Waals surface area contributed by atoms with Gasteiger partial charge < -0.3 is 18.9 Å². The summed E-state index contributed by atoms with van der Waals surface area (Å²) in [6.07, 6.45) is 0.815. The van der Waals surface area contributed by atoms with Crippen LogP contribution in [0.3, 0.4) is 0 Å². The molecule has 128 valence electrons. The molecule has 3 atom stereocenters. The zero-order valence-electron chi connectivity index (χ0n) is 14.1. The summed E-state index contributed by atoms with van der Waals surface area (Å²) in [5.41, 5.74) is 0. The van der Waals surface area contributed by atoms with Crippen molar-refractivity contribution in [3.8, 4) is 5.75 Å². The summed E-state index contributed by atoms with van der Waals surface area (Å²) < 4.78 is 21.9. The summed E-state index contributed by atoms with van der Waals surface area (Å²) in [5.74, 6) is 0.377. The van der Waals surface area contributed by atoms with E-state index in [2.05, 4.69) is 6.58 Å². The van der Waals surface area contributed by atoms with E-state index in [0.717, 1.165) is 11.8 Å². The van der Waals surface area contributed by atoms with Crippen LogP contribution in [0.4, 0.5) is 0 Å². The molecule has 5 heteroatoms. The summed E-state index contributed by atoms with van der Waals surface area (Å²) in [5, 5.41) is 0. The summed E-state index contributed by atoms with van der Waals surface area (Å²) in [6.45, 7) is 10.2. The second kappa shape index (κ2) is 10.8. The molecule has 0 fully saturated rings. The Morgan fingerprint density at radius 3 is 2.17 bits per heavy atom. The van der Waals surface area contributed by atoms with Crippen molar-refractivity contribution in [1.82, 2.24) is 0 Å². The molecule has 3 unspecified atom stereocenters.